The smallest absolute Gasteiger partial charge is 0.194 e. The molecule has 0 aromatic heterocycles. The third-order valence-corrected chi connectivity index (χ3v) is 6.85. The minimum atomic E-state index is -1.40. The van der Waals surface area contributed by atoms with Crippen molar-refractivity contribution in [1.29, 1.82) is 0 Å². The highest BCUT2D eigenvalue weighted by Gasteiger charge is 2.31. The van der Waals surface area contributed by atoms with Crippen LogP contribution in [0.25, 0.3) is 5.57 Å². The van der Waals surface area contributed by atoms with Gasteiger partial charge in [-0.05, 0) is 71.9 Å². The second-order valence-corrected chi connectivity index (χ2v) is 8.80. The van der Waals surface area contributed by atoms with Crippen LogP contribution in [-0.2, 0) is 12.8 Å². The molecule has 3 atom stereocenters. The molecule has 4 heteroatoms. The number of hydrogen-bond acceptors (Lipinski definition) is 0. The lowest BCUT2D eigenvalue weighted by atomic mass is 9.75. The summed E-state index contributed by atoms with van der Waals surface area (Å²) in [6, 6.07) is 9.01. The van der Waals surface area contributed by atoms with Crippen molar-refractivity contribution in [2.24, 2.45) is 5.92 Å². The maximum atomic E-state index is 14.8. The van der Waals surface area contributed by atoms with Crippen molar-refractivity contribution in [1.82, 2.24) is 0 Å². The first-order valence-corrected chi connectivity index (χ1v) is 11.1. The van der Waals surface area contributed by atoms with Gasteiger partial charge in [0.1, 0.15) is 6.17 Å². The monoisotopic (exact) mass is 416 g/mol. The third-order valence-electron chi connectivity index (χ3n) is 6.85. The second kappa shape index (κ2) is 8.95. The summed E-state index contributed by atoms with van der Waals surface area (Å²) in [6.07, 6.45) is 7.76. The largest absolute Gasteiger partial charge is 0.247 e. The van der Waals surface area contributed by atoms with Crippen LogP contribution < -0.4 is 0 Å². The molecule has 1 fully saturated rings. The summed E-state index contributed by atoms with van der Waals surface area (Å²) in [5.74, 6) is -3.18. The maximum absolute atomic E-state index is 14.8. The zero-order valence-corrected chi connectivity index (χ0v) is 17.4. The molecular formula is C26H28F4. The topological polar surface area (TPSA) is 0 Å². The van der Waals surface area contributed by atoms with Crippen molar-refractivity contribution < 1.29 is 17.6 Å². The van der Waals surface area contributed by atoms with E-state index in [0.717, 1.165) is 48.4 Å². The van der Waals surface area contributed by atoms with Crippen LogP contribution >= 0.6 is 0 Å². The Labute approximate surface area is 176 Å². The summed E-state index contributed by atoms with van der Waals surface area (Å²) < 4.78 is 55.9. The van der Waals surface area contributed by atoms with Crippen LogP contribution in [0.4, 0.5) is 17.6 Å². The number of allylic oxidation sites excluding steroid dienone is 2. The molecule has 0 N–H and O–H groups in total. The van der Waals surface area contributed by atoms with E-state index in [9.17, 15) is 17.6 Å². The van der Waals surface area contributed by atoms with Gasteiger partial charge in [0.15, 0.2) is 17.5 Å². The quantitative estimate of drug-likeness (QED) is 0.346. The lowest BCUT2D eigenvalue weighted by Crippen LogP contribution is -2.24. The average molecular weight is 417 g/mol. The van der Waals surface area contributed by atoms with Crippen LogP contribution in [-0.4, -0.2) is 6.17 Å². The maximum Gasteiger partial charge on any atom is 0.194 e. The van der Waals surface area contributed by atoms with Crippen molar-refractivity contribution in [3.05, 3.63) is 76.1 Å². The first kappa shape index (κ1) is 21.1. The van der Waals surface area contributed by atoms with Crippen LogP contribution in [0.1, 0.15) is 73.6 Å². The number of unbranched alkanes of at least 4 members (excludes halogenated alkanes) is 1. The minimum absolute atomic E-state index is 0.0517. The molecule has 30 heavy (non-hydrogen) atoms. The van der Waals surface area contributed by atoms with E-state index in [-0.39, 0.29) is 17.9 Å². The molecule has 0 bridgehead atoms. The minimum Gasteiger partial charge on any atom is -0.247 e. The standard InChI is InChI=1S/C26H28F4/c1-2-3-4-16-5-11-21(23(27)13-16)18-8-6-17(7-9-18)19-10-12-22-20(14-19)15-24(28)26(30)25(22)29/h6-10,15-16,21,23H,2-5,11-14H2,1H3. The summed E-state index contributed by atoms with van der Waals surface area (Å²) in [6.45, 7) is 2.17. The molecule has 0 nitrogen and oxygen atoms in total. The summed E-state index contributed by atoms with van der Waals surface area (Å²) in [5.41, 5.74) is 3.66. The van der Waals surface area contributed by atoms with Gasteiger partial charge in [0, 0.05) is 5.92 Å². The van der Waals surface area contributed by atoms with E-state index in [1.807, 2.05) is 30.3 Å². The van der Waals surface area contributed by atoms with Crippen molar-refractivity contribution in [2.45, 2.75) is 70.4 Å². The van der Waals surface area contributed by atoms with Crippen molar-refractivity contribution >= 4 is 5.57 Å². The molecule has 3 unspecified atom stereocenters. The first-order valence-electron chi connectivity index (χ1n) is 11.1. The fourth-order valence-electron chi connectivity index (χ4n) is 5.05. The summed E-state index contributed by atoms with van der Waals surface area (Å²) in [7, 11) is 0. The Balaban J connectivity index is 1.46. The molecule has 0 heterocycles. The lowest BCUT2D eigenvalue weighted by molar-refractivity contribution is 0.162. The van der Waals surface area contributed by atoms with Crippen LogP contribution in [0.5, 0.6) is 0 Å². The third kappa shape index (κ3) is 4.19. The number of benzene rings is 2. The molecule has 2 aromatic carbocycles. The molecular weight excluding hydrogens is 388 g/mol. The molecule has 0 spiro atoms. The Morgan fingerprint density at radius 3 is 2.47 bits per heavy atom. The van der Waals surface area contributed by atoms with Gasteiger partial charge in [0.25, 0.3) is 0 Å². The molecule has 160 valence electrons. The fraction of sp³-hybridized carbons (Fsp3) is 0.462. The molecule has 2 aliphatic rings. The van der Waals surface area contributed by atoms with E-state index in [1.54, 1.807) is 0 Å². The SMILES string of the molecule is CCCCC1CCC(c2ccc(C3=CCc4c(cc(F)c(F)c4F)C3)cc2)C(F)C1. The zero-order chi connectivity index (χ0) is 21.3. The zero-order valence-electron chi connectivity index (χ0n) is 17.4. The van der Waals surface area contributed by atoms with E-state index in [0.29, 0.717) is 24.3 Å². The van der Waals surface area contributed by atoms with E-state index in [2.05, 4.69) is 6.92 Å². The molecule has 1 saturated carbocycles. The second-order valence-electron chi connectivity index (χ2n) is 8.80. The van der Waals surface area contributed by atoms with Gasteiger partial charge in [-0.15, -0.1) is 0 Å². The Morgan fingerprint density at radius 2 is 1.77 bits per heavy atom. The van der Waals surface area contributed by atoms with Gasteiger partial charge in [-0.3, -0.25) is 0 Å². The Hall–Kier alpha value is -2.10. The van der Waals surface area contributed by atoms with Gasteiger partial charge in [0.05, 0.1) is 0 Å². The number of rotatable bonds is 5. The molecule has 4 rings (SSSR count). The number of fused-ring (bicyclic) bond motifs is 1. The van der Waals surface area contributed by atoms with Crippen LogP contribution in [0.15, 0.2) is 36.4 Å². The number of alkyl halides is 1. The molecule has 0 saturated heterocycles. The van der Waals surface area contributed by atoms with Gasteiger partial charge in [-0.2, -0.15) is 0 Å². The Kier molecular flexibility index (Phi) is 6.31. The molecule has 2 aliphatic carbocycles. The van der Waals surface area contributed by atoms with Gasteiger partial charge in [-0.1, -0.05) is 56.5 Å². The predicted molar refractivity (Wildman–Crippen MR) is 113 cm³/mol. The average Bonchev–Trinajstić information content (AvgIpc) is 2.76. The van der Waals surface area contributed by atoms with Crippen molar-refractivity contribution in [3.63, 3.8) is 0 Å². The molecule has 0 aliphatic heterocycles. The van der Waals surface area contributed by atoms with Crippen molar-refractivity contribution in [2.75, 3.05) is 0 Å². The van der Waals surface area contributed by atoms with Crippen LogP contribution in [0.2, 0.25) is 0 Å². The lowest BCUT2D eigenvalue weighted by Gasteiger charge is -2.32. The summed E-state index contributed by atoms with van der Waals surface area (Å²) in [4.78, 5) is 0. The van der Waals surface area contributed by atoms with Gasteiger partial charge in [-0.25, -0.2) is 17.6 Å². The highest BCUT2D eigenvalue weighted by Crippen LogP contribution is 2.40. The number of hydrogen-bond donors (Lipinski definition) is 0. The fourth-order valence-corrected chi connectivity index (χ4v) is 5.05. The van der Waals surface area contributed by atoms with Gasteiger partial charge < -0.3 is 0 Å². The van der Waals surface area contributed by atoms with Gasteiger partial charge >= 0.3 is 0 Å². The highest BCUT2D eigenvalue weighted by molar-refractivity contribution is 5.70. The van der Waals surface area contributed by atoms with E-state index < -0.39 is 23.6 Å². The van der Waals surface area contributed by atoms with E-state index >= 15 is 0 Å². The predicted octanol–water partition coefficient (Wildman–Crippen LogP) is 7.70. The molecule has 0 radical (unpaired) electrons. The normalized spacial score (nSPS) is 23.8. The highest BCUT2D eigenvalue weighted by atomic mass is 19.2. The van der Waals surface area contributed by atoms with Crippen molar-refractivity contribution in [3.8, 4) is 0 Å². The first-order chi connectivity index (χ1) is 14.5. The Morgan fingerprint density at radius 1 is 1.00 bits per heavy atom. The Bertz CT molecular complexity index is 929. The number of halogens is 4. The van der Waals surface area contributed by atoms with E-state index in [4.69, 9.17) is 0 Å². The summed E-state index contributed by atoms with van der Waals surface area (Å²) >= 11 is 0. The van der Waals surface area contributed by atoms with Crippen LogP contribution in [0, 0.1) is 23.4 Å². The molecule has 2 aromatic rings. The van der Waals surface area contributed by atoms with E-state index in [1.165, 1.54) is 6.42 Å². The summed E-state index contributed by atoms with van der Waals surface area (Å²) in [5, 5.41) is 0. The molecule has 0 amide bonds. The van der Waals surface area contributed by atoms with Crippen LogP contribution in [0.3, 0.4) is 0 Å². The van der Waals surface area contributed by atoms with Gasteiger partial charge in [0.2, 0.25) is 0 Å².